The summed E-state index contributed by atoms with van der Waals surface area (Å²) in [4.78, 5) is 0. The van der Waals surface area contributed by atoms with Crippen LogP contribution in [0.3, 0.4) is 0 Å². The Morgan fingerprint density at radius 3 is 2.62 bits per heavy atom. The van der Waals surface area contributed by atoms with Gasteiger partial charge in [0.1, 0.15) is 5.75 Å². The number of ether oxygens (including phenoxy) is 1. The van der Waals surface area contributed by atoms with Crippen molar-refractivity contribution >= 4 is 33.4 Å². The molecule has 4 heteroatoms. The summed E-state index contributed by atoms with van der Waals surface area (Å²) in [6.07, 6.45) is 3.97. The molecule has 0 aromatic heterocycles. The summed E-state index contributed by atoms with van der Waals surface area (Å²) < 4.78 is 6.14. The third-order valence-electron chi connectivity index (χ3n) is 2.83. The van der Waals surface area contributed by atoms with Gasteiger partial charge in [0.15, 0.2) is 0 Å². The molecule has 2 aromatic rings. The fourth-order valence-electron chi connectivity index (χ4n) is 1.71. The molecule has 3 nitrogen and oxygen atoms in total. The van der Waals surface area contributed by atoms with Crippen molar-refractivity contribution in [2.24, 2.45) is 5.10 Å². The SMILES string of the molecule is COc1ccc(/C=C/C(C)=N/Nc2ccccc2)cc1Br. The number of allylic oxidation sites excluding steroid dienone is 1. The molecule has 0 saturated carbocycles. The first-order valence-corrected chi connectivity index (χ1v) is 7.35. The predicted octanol–water partition coefficient (Wildman–Crippen LogP) is 4.96. The molecule has 0 bridgehead atoms. The van der Waals surface area contributed by atoms with E-state index in [0.29, 0.717) is 0 Å². The Balaban J connectivity index is 2.01. The smallest absolute Gasteiger partial charge is 0.133 e. The van der Waals surface area contributed by atoms with Gasteiger partial charge in [0.25, 0.3) is 0 Å². The molecule has 0 saturated heterocycles. The second-order valence-corrected chi connectivity index (χ2v) is 5.31. The van der Waals surface area contributed by atoms with Crippen LogP contribution >= 0.6 is 15.9 Å². The summed E-state index contributed by atoms with van der Waals surface area (Å²) in [5.41, 5.74) is 5.96. The maximum atomic E-state index is 5.21. The first kappa shape index (κ1) is 15.3. The number of nitrogens with one attached hydrogen (secondary N) is 1. The molecular weight excluding hydrogens is 328 g/mol. The summed E-state index contributed by atoms with van der Waals surface area (Å²) >= 11 is 3.47. The van der Waals surface area contributed by atoms with E-state index in [2.05, 4.69) is 26.5 Å². The average Bonchev–Trinajstić information content (AvgIpc) is 2.52. The Bertz CT molecular complexity index is 651. The highest BCUT2D eigenvalue weighted by atomic mass is 79.9. The van der Waals surface area contributed by atoms with Crippen molar-refractivity contribution < 1.29 is 4.74 Å². The van der Waals surface area contributed by atoms with E-state index in [1.165, 1.54) is 0 Å². The van der Waals surface area contributed by atoms with E-state index < -0.39 is 0 Å². The number of hydrogen-bond donors (Lipinski definition) is 1. The first-order chi connectivity index (χ1) is 10.2. The van der Waals surface area contributed by atoms with E-state index >= 15 is 0 Å². The zero-order chi connectivity index (χ0) is 15.1. The summed E-state index contributed by atoms with van der Waals surface area (Å²) in [5.74, 6) is 0.822. The number of hydrazone groups is 1. The molecule has 0 amide bonds. The molecule has 0 heterocycles. The fourth-order valence-corrected chi connectivity index (χ4v) is 2.26. The molecule has 0 spiro atoms. The molecule has 0 aliphatic rings. The molecule has 0 unspecified atom stereocenters. The van der Waals surface area contributed by atoms with Crippen molar-refractivity contribution in [1.82, 2.24) is 0 Å². The quantitative estimate of drug-likeness (QED) is 0.614. The second kappa shape index (κ2) is 7.64. The van der Waals surface area contributed by atoms with Crippen LogP contribution in [0.4, 0.5) is 5.69 Å². The number of benzene rings is 2. The normalized spacial score (nSPS) is 11.7. The fraction of sp³-hybridized carbons (Fsp3) is 0.118. The van der Waals surface area contributed by atoms with E-state index in [1.54, 1.807) is 7.11 Å². The molecule has 1 N–H and O–H groups in total. The Morgan fingerprint density at radius 2 is 1.95 bits per heavy atom. The van der Waals surface area contributed by atoms with Crippen LogP contribution in [-0.4, -0.2) is 12.8 Å². The van der Waals surface area contributed by atoms with Gasteiger partial charge in [0.2, 0.25) is 0 Å². The van der Waals surface area contributed by atoms with Gasteiger partial charge < -0.3 is 4.74 Å². The molecule has 108 valence electrons. The number of hydrogen-bond acceptors (Lipinski definition) is 3. The molecule has 0 aliphatic heterocycles. The van der Waals surface area contributed by atoms with Gasteiger partial charge >= 0.3 is 0 Å². The Labute approximate surface area is 133 Å². The number of halogens is 1. The van der Waals surface area contributed by atoms with E-state index in [-0.39, 0.29) is 0 Å². The lowest BCUT2D eigenvalue weighted by Crippen LogP contribution is -1.93. The van der Waals surface area contributed by atoms with Gasteiger partial charge in [-0.1, -0.05) is 30.3 Å². The zero-order valence-electron chi connectivity index (χ0n) is 12.0. The van der Waals surface area contributed by atoms with E-state index in [9.17, 15) is 0 Å². The van der Waals surface area contributed by atoms with E-state index in [4.69, 9.17) is 4.74 Å². The summed E-state index contributed by atoms with van der Waals surface area (Å²) in [6.45, 7) is 1.95. The predicted molar refractivity (Wildman–Crippen MR) is 92.9 cm³/mol. The van der Waals surface area contributed by atoms with Crippen molar-refractivity contribution in [2.75, 3.05) is 12.5 Å². The van der Waals surface area contributed by atoms with Crippen LogP contribution in [0.1, 0.15) is 12.5 Å². The van der Waals surface area contributed by atoms with E-state index in [1.807, 2.05) is 67.6 Å². The first-order valence-electron chi connectivity index (χ1n) is 6.56. The zero-order valence-corrected chi connectivity index (χ0v) is 13.6. The van der Waals surface area contributed by atoms with Gasteiger partial charge in [0, 0.05) is 0 Å². The number of methoxy groups -OCH3 is 1. The van der Waals surface area contributed by atoms with Crippen LogP contribution in [0.5, 0.6) is 5.75 Å². The molecule has 0 radical (unpaired) electrons. The standard InChI is InChI=1S/C17H17BrN2O/c1-13(19-20-15-6-4-3-5-7-15)8-9-14-10-11-17(21-2)16(18)12-14/h3-12,20H,1-2H3/b9-8+,19-13+. The minimum absolute atomic E-state index is 0.822. The van der Waals surface area contributed by atoms with Gasteiger partial charge in [-0.15, -0.1) is 0 Å². The molecule has 0 aliphatic carbocycles. The van der Waals surface area contributed by atoms with Crippen LogP contribution in [0.25, 0.3) is 6.08 Å². The van der Waals surface area contributed by atoms with Gasteiger partial charge in [-0.25, -0.2) is 0 Å². The van der Waals surface area contributed by atoms with E-state index in [0.717, 1.165) is 27.2 Å². The van der Waals surface area contributed by atoms with Gasteiger partial charge in [-0.2, -0.15) is 5.10 Å². The van der Waals surface area contributed by atoms with Crippen LogP contribution < -0.4 is 10.2 Å². The number of nitrogens with zero attached hydrogens (tertiary/aromatic N) is 1. The summed E-state index contributed by atoms with van der Waals surface area (Å²) in [5, 5.41) is 4.31. The lowest BCUT2D eigenvalue weighted by molar-refractivity contribution is 0.412. The number of rotatable bonds is 5. The third-order valence-corrected chi connectivity index (χ3v) is 3.45. The summed E-state index contributed by atoms with van der Waals surface area (Å²) in [6, 6.07) is 15.8. The van der Waals surface area contributed by atoms with Crippen molar-refractivity contribution in [3.8, 4) is 5.75 Å². The molecule has 2 aromatic carbocycles. The van der Waals surface area contributed by atoms with Gasteiger partial charge in [-0.3, -0.25) is 5.43 Å². The van der Waals surface area contributed by atoms with Crippen molar-refractivity contribution in [3.63, 3.8) is 0 Å². The molecule has 2 rings (SSSR count). The minimum atomic E-state index is 0.822. The lowest BCUT2D eigenvalue weighted by atomic mass is 10.2. The van der Waals surface area contributed by atoms with Gasteiger partial charge in [-0.05, 0) is 58.8 Å². The topological polar surface area (TPSA) is 33.6 Å². The van der Waals surface area contributed by atoms with Crippen molar-refractivity contribution in [1.29, 1.82) is 0 Å². The van der Waals surface area contributed by atoms with Crippen molar-refractivity contribution in [3.05, 3.63) is 64.6 Å². The highest BCUT2D eigenvalue weighted by Crippen LogP contribution is 2.25. The molecular formula is C17H17BrN2O. The molecule has 21 heavy (non-hydrogen) atoms. The molecule has 0 atom stereocenters. The average molecular weight is 345 g/mol. The maximum Gasteiger partial charge on any atom is 0.133 e. The van der Waals surface area contributed by atoms with Crippen molar-refractivity contribution in [2.45, 2.75) is 6.92 Å². The monoisotopic (exact) mass is 344 g/mol. The number of para-hydroxylation sites is 1. The van der Waals surface area contributed by atoms with Crippen LogP contribution in [0.2, 0.25) is 0 Å². The minimum Gasteiger partial charge on any atom is -0.496 e. The van der Waals surface area contributed by atoms with Crippen LogP contribution in [-0.2, 0) is 0 Å². The largest absolute Gasteiger partial charge is 0.496 e. The Hall–Kier alpha value is -2.07. The second-order valence-electron chi connectivity index (χ2n) is 4.46. The highest BCUT2D eigenvalue weighted by molar-refractivity contribution is 9.10. The summed E-state index contributed by atoms with van der Waals surface area (Å²) in [7, 11) is 1.65. The van der Waals surface area contributed by atoms with Crippen LogP contribution in [0.15, 0.2) is 64.2 Å². The number of anilines is 1. The third kappa shape index (κ3) is 4.76. The maximum absolute atomic E-state index is 5.21. The van der Waals surface area contributed by atoms with Crippen LogP contribution in [0, 0.1) is 0 Å². The Morgan fingerprint density at radius 1 is 1.19 bits per heavy atom. The Kier molecular flexibility index (Phi) is 5.58. The van der Waals surface area contributed by atoms with Gasteiger partial charge in [0.05, 0.1) is 23.0 Å². The molecule has 0 fully saturated rings. The lowest BCUT2D eigenvalue weighted by Gasteiger charge is -2.03. The highest BCUT2D eigenvalue weighted by Gasteiger charge is 1.99.